The van der Waals surface area contributed by atoms with E-state index in [1.165, 1.54) is 194 Å². The van der Waals surface area contributed by atoms with Crippen LogP contribution in [0.3, 0.4) is 0 Å². The normalized spacial score (nSPS) is 13.7. The van der Waals surface area contributed by atoms with E-state index in [1.54, 1.807) is 0 Å². The van der Waals surface area contributed by atoms with Crippen molar-refractivity contribution in [3.05, 3.63) is 204 Å². The van der Waals surface area contributed by atoms with Gasteiger partial charge in [0.15, 0.2) is 0 Å². The van der Waals surface area contributed by atoms with Crippen molar-refractivity contribution < 1.29 is 0 Å². The highest BCUT2D eigenvalue weighted by Gasteiger charge is 2.30. The second-order valence-corrected chi connectivity index (χ2v) is 32.0. The lowest BCUT2D eigenvalue weighted by Crippen LogP contribution is -2.10. The zero-order chi connectivity index (χ0) is 59.7. The van der Waals surface area contributed by atoms with E-state index in [1.807, 2.05) is 22.7 Å². The molecule has 8 heterocycles. The lowest BCUT2D eigenvalue weighted by molar-refractivity contribution is 0.590. The molecule has 0 N–H and O–H groups in total. The van der Waals surface area contributed by atoms with Crippen LogP contribution >= 0.6 is 22.7 Å². The summed E-state index contributed by atoms with van der Waals surface area (Å²) in [5.41, 5.74) is 20.2. The monoisotopic (exact) mass is 1170 g/mol. The van der Waals surface area contributed by atoms with Crippen LogP contribution in [-0.4, -0.2) is 17.9 Å². The van der Waals surface area contributed by atoms with Crippen molar-refractivity contribution in [3.8, 4) is 11.4 Å². The lowest BCUT2D eigenvalue weighted by atomic mass is 9.85. The summed E-state index contributed by atoms with van der Waals surface area (Å²) in [5.74, 6) is 0. The Morgan fingerprint density at radius 3 is 0.886 bits per heavy atom. The highest BCUT2D eigenvalue weighted by Crippen LogP contribution is 2.52. The first kappa shape index (κ1) is 51.1. The molecule has 0 fully saturated rings. The summed E-state index contributed by atoms with van der Waals surface area (Å²) in [5, 5.41) is 20.9. The van der Waals surface area contributed by atoms with E-state index >= 15 is 0 Å². The molecule has 0 saturated heterocycles. The van der Waals surface area contributed by atoms with Crippen molar-refractivity contribution >= 4 is 183 Å². The van der Waals surface area contributed by atoms with Gasteiger partial charge in [-0.3, -0.25) is 0 Å². The maximum atomic E-state index is 2.64. The molecule has 0 saturated carbocycles. The van der Waals surface area contributed by atoms with Crippen molar-refractivity contribution in [1.82, 2.24) is 17.9 Å². The van der Waals surface area contributed by atoms with Gasteiger partial charge in [-0.1, -0.05) is 144 Å². The topological polar surface area (TPSA) is 18.7 Å². The first-order valence-electron chi connectivity index (χ1n) is 31.4. The van der Waals surface area contributed by atoms with Gasteiger partial charge in [-0.2, -0.15) is 0 Å². The van der Waals surface area contributed by atoms with Gasteiger partial charge in [-0.15, -0.1) is 22.7 Å². The minimum Gasteiger partial charge on any atom is -0.309 e. The van der Waals surface area contributed by atoms with Crippen LogP contribution in [0.4, 0.5) is 0 Å². The smallest absolute Gasteiger partial charge is 0.0622 e. The molecule has 0 amide bonds. The minimum atomic E-state index is -0.00507. The number of benzene rings is 11. The Kier molecular flexibility index (Phi) is 9.65. The number of thiophene rings is 2. The summed E-state index contributed by atoms with van der Waals surface area (Å²) in [6.07, 6.45) is 0. The zero-order valence-electron chi connectivity index (χ0n) is 51.9. The fraction of sp³-hybridized carbons (Fsp3) is 0.195. The molecule has 0 unspecified atom stereocenters. The summed E-state index contributed by atoms with van der Waals surface area (Å²) in [6, 6.07) is 72.1. The lowest BCUT2D eigenvalue weighted by Gasteiger charge is -2.19. The van der Waals surface area contributed by atoms with Gasteiger partial charge in [0.1, 0.15) is 0 Å². The molecule has 6 heteroatoms. The molecule has 0 radical (unpaired) electrons. The largest absolute Gasteiger partial charge is 0.309 e. The average molecular weight is 1170 g/mol. The number of rotatable bonds is 2. The Balaban J connectivity index is 0.983. The van der Waals surface area contributed by atoms with Gasteiger partial charge in [0.05, 0.1) is 55.2 Å². The van der Waals surface area contributed by atoms with Crippen LogP contribution in [0.1, 0.15) is 105 Å². The van der Waals surface area contributed by atoms with Crippen molar-refractivity contribution in [1.29, 1.82) is 0 Å². The van der Waals surface area contributed by atoms with Gasteiger partial charge in [0, 0.05) is 116 Å². The fourth-order valence-corrected chi connectivity index (χ4v) is 18.1. The third-order valence-electron chi connectivity index (χ3n) is 20.4. The Labute approximate surface area is 517 Å². The molecular formula is C82H66N4S2. The fourth-order valence-electron chi connectivity index (χ4n) is 15.9. The number of nitrogens with zero attached hydrogens (tertiary/aromatic N) is 4. The second kappa shape index (κ2) is 16.6. The zero-order valence-corrected chi connectivity index (χ0v) is 53.6. The van der Waals surface area contributed by atoms with Crippen LogP contribution < -0.4 is 0 Å². The molecule has 0 spiro atoms. The number of hydrogen-bond donors (Lipinski definition) is 0. The third kappa shape index (κ3) is 6.64. The molecule has 0 aliphatic carbocycles. The summed E-state index contributed by atoms with van der Waals surface area (Å²) < 4.78 is 15.7. The van der Waals surface area contributed by atoms with E-state index in [-0.39, 0.29) is 21.7 Å². The van der Waals surface area contributed by atoms with E-state index in [0.29, 0.717) is 0 Å². The van der Waals surface area contributed by atoms with Crippen LogP contribution in [-0.2, 0) is 21.7 Å². The third-order valence-corrected chi connectivity index (χ3v) is 22.7. The summed E-state index contributed by atoms with van der Waals surface area (Å²) in [6.45, 7) is 28.0. The van der Waals surface area contributed by atoms with Crippen LogP contribution in [0.15, 0.2) is 182 Å². The summed E-state index contributed by atoms with van der Waals surface area (Å²) in [4.78, 5) is 0. The van der Waals surface area contributed by atoms with Crippen molar-refractivity contribution in [2.75, 3.05) is 0 Å². The maximum absolute atomic E-state index is 2.64. The summed E-state index contributed by atoms with van der Waals surface area (Å²) >= 11 is 3.82. The molecule has 0 aliphatic rings. The molecule has 19 aromatic rings. The van der Waals surface area contributed by atoms with E-state index in [0.717, 1.165) is 0 Å². The minimum absolute atomic E-state index is 0.00507. The number of aromatic nitrogens is 4. The first-order valence-corrected chi connectivity index (χ1v) is 33.0. The molecule has 19 rings (SSSR count). The second-order valence-electron chi connectivity index (χ2n) is 29.8. The molecule has 0 atom stereocenters. The number of fused-ring (bicyclic) bond motifs is 26. The Hall–Kier alpha value is -8.94. The van der Waals surface area contributed by atoms with Gasteiger partial charge in [-0.05, 0) is 165 Å². The van der Waals surface area contributed by atoms with Gasteiger partial charge in [-0.25, -0.2) is 0 Å². The van der Waals surface area contributed by atoms with Gasteiger partial charge >= 0.3 is 0 Å². The highest BCUT2D eigenvalue weighted by molar-refractivity contribution is 7.26. The van der Waals surface area contributed by atoms with E-state index in [2.05, 4.69) is 283 Å². The van der Waals surface area contributed by atoms with Crippen molar-refractivity contribution in [3.63, 3.8) is 0 Å². The molecule has 88 heavy (non-hydrogen) atoms. The molecule has 0 aliphatic heterocycles. The van der Waals surface area contributed by atoms with Gasteiger partial charge in [0.2, 0.25) is 0 Å². The van der Waals surface area contributed by atoms with Crippen LogP contribution in [0.5, 0.6) is 0 Å². The van der Waals surface area contributed by atoms with Crippen molar-refractivity contribution in [2.45, 2.75) is 105 Å². The quantitative estimate of drug-likeness (QED) is 0.164. The van der Waals surface area contributed by atoms with Gasteiger partial charge < -0.3 is 17.9 Å². The van der Waals surface area contributed by atoms with E-state index < -0.39 is 0 Å². The Morgan fingerprint density at radius 1 is 0.239 bits per heavy atom. The van der Waals surface area contributed by atoms with Gasteiger partial charge in [0.25, 0.3) is 0 Å². The average Bonchev–Trinajstić information content (AvgIpc) is 1.54. The van der Waals surface area contributed by atoms with E-state index in [9.17, 15) is 0 Å². The molecular weight excluding hydrogens is 1110 g/mol. The summed E-state index contributed by atoms with van der Waals surface area (Å²) in [7, 11) is 0. The van der Waals surface area contributed by atoms with Crippen molar-refractivity contribution in [2.24, 2.45) is 0 Å². The van der Waals surface area contributed by atoms with Crippen LogP contribution in [0.25, 0.3) is 172 Å². The molecule has 4 nitrogen and oxygen atoms in total. The molecule has 11 aromatic carbocycles. The molecule has 8 aromatic heterocycles. The number of hydrogen-bond acceptors (Lipinski definition) is 2. The maximum Gasteiger partial charge on any atom is 0.0622 e. The SMILES string of the molecule is CC(C)(C)c1ccc2c(c1)c1cc(C(C)(C)C)ccc1n2-c1cc2c3cc4c(cc3n3c5ccc6sc7ccccc7c6c5c(c1)c23)c1cc(-n2c3ccc(C(C)(C)C)cc3c3cc(C(C)(C)C)ccc32)cc2c3c5c(ccc3n4c12)sc1ccccc15. The first-order chi connectivity index (χ1) is 42.2. The molecule has 0 bridgehead atoms. The predicted molar refractivity (Wildman–Crippen MR) is 385 cm³/mol. The molecule has 426 valence electrons. The highest BCUT2D eigenvalue weighted by atomic mass is 32.1. The Morgan fingerprint density at radius 2 is 0.545 bits per heavy atom. The van der Waals surface area contributed by atoms with Crippen LogP contribution in [0.2, 0.25) is 0 Å². The van der Waals surface area contributed by atoms with E-state index in [4.69, 9.17) is 0 Å². The predicted octanol–water partition coefficient (Wildman–Crippen LogP) is 24.1. The standard InChI is InChI=1S/C82H66N4S2/c1-79(2,3)43-21-25-61-51(33-43)52-34-44(80(4,5)6)22-26-62(52)83(61)47-37-57-55-41-68-56(42-67(55)85-65-29-31-71-75(73(65)59(39-47)77(57)85)49-17-13-15-19-69(49)87-71)58-38-48(40-60-74-66(86(68)78(58)60)30-32-72-76(74)50-18-14-16-20-70(50)88-72)84-63-27-23-45(81(7,8)9)35-53(63)54-36-46(82(10,11)12)24-28-64(54)84/h13-42H,1-12H3. The van der Waals surface area contributed by atoms with Crippen LogP contribution in [0, 0.1) is 0 Å². The Bertz CT molecular complexity index is 5800.